The molecular weight excluding hydrogens is 394 g/mol. The molecule has 1 amide bonds. The third kappa shape index (κ3) is 3.14. The summed E-state index contributed by atoms with van der Waals surface area (Å²) >= 11 is 3.41. The molecule has 0 radical (unpaired) electrons. The van der Waals surface area contributed by atoms with Crippen molar-refractivity contribution in [3.63, 3.8) is 0 Å². The fraction of sp³-hybridized carbons (Fsp3) is 0.263. The van der Waals surface area contributed by atoms with Crippen LogP contribution in [-0.4, -0.2) is 32.7 Å². The maximum Gasteiger partial charge on any atom is 0.253 e. The van der Waals surface area contributed by atoms with Gasteiger partial charge in [0.25, 0.3) is 5.91 Å². The highest BCUT2D eigenvalue weighted by Gasteiger charge is 2.28. The molecule has 1 unspecified atom stereocenters. The number of aryl methyl sites for hydroxylation is 1. The summed E-state index contributed by atoms with van der Waals surface area (Å²) in [6.07, 6.45) is 1.97. The van der Waals surface area contributed by atoms with Gasteiger partial charge >= 0.3 is 0 Å². The minimum Gasteiger partial charge on any atom is -0.310 e. The van der Waals surface area contributed by atoms with Crippen LogP contribution in [0.4, 0.5) is 5.69 Å². The number of hydrogen-bond donors (Lipinski definition) is 0. The monoisotopic (exact) mass is 411 g/mol. The van der Waals surface area contributed by atoms with E-state index in [1.54, 1.807) is 0 Å². The van der Waals surface area contributed by atoms with Crippen molar-refractivity contribution in [3.05, 3.63) is 58.6 Å². The number of halogens is 1. The van der Waals surface area contributed by atoms with E-state index < -0.39 is 6.04 Å². The molecular formula is C19H18BrN5O. The van der Waals surface area contributed by atoms with Gasteiger partial charge in [-0.2, -0.15) is 4.80 Å². The molecule has 0 bridgehead atoms. The van der Waals surface area contributed by atoms with Crippen LogP contribution in [0, 0.1) is 0 Å². The van der Waals surface area contributed by atoms with E-state index in [-0.39, 0.29) is 5.91 Å². The highest BCUT2D eigenvalue weighted by Crippen LogP contribution is 2.28. The number of anilines is 1. The number of fused-ring (bicyclic) bond motifs is 1. The molecule has 26 heavy (non-hydrogen) atoms. The lowest BCUT2D eigenvalue weighted by molar-refractivity contribution is -0.122. The highest BCUT2D eigenvalue weighted by molar-refractivity contribution is 9.10. The van der Waals surface area contributed by atoms with Gasteiger partial charge in [0.1, 0.15) is 6.04 Å². The van der Waals surface area contributed by atoms with E-state index in [9.17, 15) is 4.79 Å². The molecule has 1 aliphatic heterocycles. The molecule has 6 nitrogen and oxygen atoms in total. The largest absolute Gasteiger partial charge is 0.310 e. The Balaban J connectivity index is 1.58. The van der Waals surface area contributed by atoms with Crippen molar-refractivity contribution in [3.8, 4) is 11.4 Å². The zero-order chi connectivity index (χ0) is 18.1. The standard InChI is InChI=1S/C19H18BrN5O/c1-13(19(26)24-12-4-6-14-5-2-3-7-17(14)24)25-22-18(21-23-25)15-8-10-16(20)11-9-15/h2-3,5,7-11,13H,4,6,12H2,1H3. The summed E-state index contributed by atoms with van der Waals surface area (Å²) in [5.74, 6) is 0.494. The first kappa shape index (κ1) is 16.9. The minimum absolute atomic E-state index is 0.0168. The molecule has 0 N–H and O–H groups in total. The Morgan fingerprint density at radius 2 is 1.92 bits per heavy atom. The number of carbonyl (C=O) groups is 1. The summed E-state index contributed by atoms with van der Waals surface area (Å²) in [4.78, 5) is 16.3. The van der Waals surface area contributed by atoms with Gasteiger partial charge in [-0.15, -0.1) is 10.2 Å². The molecule has 0 fully saturated rings. The van der Waals surface area contributed by atoms with Gasteiger partial charge in [-0.05, 0) is 60.9 Å². The Kier molecular flexibility index (Phi) is 4.55. The Labute approximate surface area is 160 Å². The summed E-state index contributed by atoms with van der Waals surface area (Å²) in [7, 11) is 0. The maximum atomic E-state index is 13.0. The first-order valence-electron chi connectivity index (χ1n) is 8.58. The van der Waals surface area contributed by atoms with Gasteiger partial charge in [0.15, 0.2) is 0 Å². The molecule has 0 spiro atoms. The highest BCUT2D eigenvalue weighted by atomic mass is 79.9. The number of hydrogen-bond acceptors (Lipinski definition) is 4. The molecule has 1 aliphatic rings. The molecule has 1 aromatic heterocycles. The van der Waals surface area contributed by atoms with Gasteiger partial charge in [0, 0.05) is 22.3 Å². The van der Waals surface area contributed by atoms with E-state index in [1.807, 2.05) is 54.3 Å². The van der Waals surface area contributed by atoms with Crippen LogP contribution in [0.2, 0.25) is 0 Å². The lowest BCUT2D eigenvalue weighted by atomic mass is 10.0. The molecule has 0 saturated heterocycles. The van der Waals surface area contributed by atoms with Crippen molar-refractivity contribution in [2.45, 2.75) is 25.8 Å². The van der Waals surface area contributed by atoms with Crippen molar-refractivity contribution in [1.82, 2.24) is 20.2 Å². The summed E-state index contributed by atoms with van der Waals surface area (Å²) in [6, 6.07) is 15.2. The number of carbonyl (C=O) groups excluding carboxylic acids is 1. The van der Waals surface area contributed by atoms with E-state index in [0.717, 1.165) is 28.6 Å². The molecule has 2 aromatic carbocycles. The average Bonchev–Trinajstić information content (AvgIpc) is 3.17. The Morgan fingerprint density at radius 3 is 2.73 bits per heavy atom. The van der Waals surface area contributed by atoms with Crippen LogP contribution in [0.1, 0.15) is 24.9 Å². The van der Waals surface area contributed by atoms with Gasteiger partial charge in [0.05, 0.1) is 0 Å². The van der Waals surface area contributed by atoms with Gasteiger partial charge in [-0.3, -0.25) is 4.79 Å². The number of benzene rings is 2. The first-order chi connectivity index (χ1) is 12.6. The molecule has 4 rings (SSSR count). The number of tetrazole rings is 1. The molecule has 7 heteroatoms. The van der Waals surface area contributed by atoms with Crippen molar-refractivity contribution in [2.24, 2.45) is 0 Å². The Hall–Kier alpha value is -2.54. The molecule has 1 atom stereocenters. The average molecular weight is 412 g/mol. The summed E-state index contributed by atoms with van der Waals surface area (Å²) in [5.41, 5.74) is 3.06. The fourth-order valence-electron chi connectivity index (χ4n) is 3.19. The Morgan fingerprint density at radius 1 is 1.15 bits per heavy atom. The van der Waals surface area contributed by atoms with E-state index in [2.05, 4.69) is 37.4 Å². The number of nitrogens with zero attached hydrogens (tertiary/aromatic N) is 5. The van der Waals surface area contributed by atoms with E-state index in [4.69, 9.17) is 0 Å². The predicted octanol–water partition coefficient (Wildman–Crippen LogP) is 3.64. The molecule has 132 valence electrons. The van der Waals surface area contributed by atoms with E-state index in [0.29, 0.717) is 12.4 Å². The zero-order valence-corrected chi connectivity index (χ0v) is 15.9. The second-order valence-corrected chi connectivity index (χ2v) is 7.25. The topological polar surface area (TPSA) is 63.9 Å². The number of para-hydroxylation sites is 1. The first-order valence-corrected chi connectivity index (χ1v) is 9.37. The smallest absolute Gasteiger partial charge is 0.253 e. The number of rotatable bonds is 3. The van der Waals surface area contributed by atoms with Crippen molar-refractivity contribution < 1.29 is 4.79 Å². The van der Waals surface area contributed by atoms with Crippen LogP contribution in [0.5, 0.6) is 0 Å². The fourth-order valence-corrected chi connectivity index (χ4v) is 3.45. The van der Waals surface area contributed by atoms with Crippen LogP contribution < -0.4 is 4.90 Å². The third-order valence-corrected chi connectivity index (χ3v) is 5.14. The predicted molar refractivity (Wildman–Crippen MR) is 103 cm³/mol. The SMILES string of the molecule is CC(C(=O)N1CCCc2ccccc21)n1nnc(-c2ccc(Br)cc2)n1. The van der Waals surface area contributed by atoms with Gasteiger partial charge in [-0.1, -0.05) is 34.1 Å². The van der Waals surface area contributed by atoms with Crippen LogP contribution >= 0.6 is 15.9 Å². The second-order valence-electron chi connectivity index (χ2n) is 6.34. The summed E-state index contributed by atoms with van der Waals surface area (Å²) in [5, 5.41) is 12.6. The Bertz CT molecular complexity index is 937. The molecule has 0 saturated carbocycles. The van der Waals surface area contributed by atoms with Crippen LogP contribution in [0.15, 0.2) is 53.0 Å². The lowest BCUT2D eigenvalue weighted by Gasteiger charge is -2.31. The van der Waals surface area contributed by atoms with Crippen molar-refractivity contribution >= 4 is 27.5 Å². The van der Waals surface area contributed by atoms with E-state index in [1.165, 1.54) is 10.4 Å². The number of amides is 1. The summed E-state index contributed by atoms with van der Waals surface area (Å²) < 4.78 is 0.987. The lowest BCUT2D eigenvalue weighted by Crippen LogP contribution is -2.40. The minimum atomic E-state index is -0.516. The van der Waals surface area contributed by atoms with Crippen LogP contribution in [-0.2, 0) is 11.2 Å². The second kappa shape index (κ2) is 6.99. The maximum absolute atomic E-state index is 13.0. The quantitative estimate of drug-likeness (QED) is 0.659. The van der Waals surface area contributed by atoms with Crippen molar-refractivity contribution in [2.75, 3.05) is 11.4 Å². The van der Waals surface area contributed by atoms with Crippen LogP contribution in [0.3, 0.4) is 0 Å². The molecule has 2 heterocycles. The molecule has 0 aliphatic carbocycles. The zero-order valence-electron chi connectivity index (χ0n) is 14.3. The van der Waals surface area contributed by atoms with Gasteiger partial charge in [-0.25, -0.2) is 0 Å². The number of aromatic nitrogens is 4. The summed E-state index contributed by atoms with van der Waals surface area (Å²) in [6.45, 7) is 2.53. The van der Waals surface area contributed by atoms with Gasteiger partial charge in [0.2, 0.25) is 5.82 Å². The van der Waals surface area contributed by atoms with Gasteiger partial charge < -0.3 is 4.90 Å². The third-order valence-electron chi connectivity index (χ3n) is 4.61. The normalized spacial score (nSPS) is 14.8. The molecule has 3 aromatic rings. The van der Waals surface area contributed by atoms with Crippen molar-refractivity contribution in [1.29, 1.82) is 0 Å². The van der Waals surface area contributed by atoms with Crippen LogP contribution in [0.25, 0.3) is 11.4 Å². The van der Waals surface area contributed by atoms with E-state index >= 15 is 0 Å².